The molecule has 3 aromatic rings. The molecule has 0 unspecified atom stereocenters. The Balaban J connectivity index is 1.52. The second-order valence-electron chi connectivity index (χ2n) is 10.5. The first-order valence-corrected chi connectivity index (χ1v) is 13.3. The van der Waals surface area contributed by atoms with Crippen molar-refractivity contribution in [2.45, 2.75) is 38.5 Å². The van der Waals surface area contributed by atoms with E-state index in [2.05, 4.69) is 0 Å². The highest BCUT2D eigenvalue weighted by Crippen LogP contribution is 2.41. The van der Waals surface area contributed by atoms with Crippen molar-refractivity contribution < 1.29 is 24.2 Å². The maximum Gasteiger partial charge on any atom is 0.295 e. The minimum atomic E-state index is -0.726. The normalized spacial score (nSPS) is 19.8. The molecule has 202 valence electrons. The van der Waals surface area contributed by atoms with E-state index in [1.807, 2.05) is 92.6 Å². The molecule has 7 heteroatoms. The van der Waals surface area contributed by atoms with E-state index in [4.69, 9.17) is 9.47 Å². The van der Waals surface area contributed by atoms with Crippen LogP contribution in [0.4, 0.5) is 0 Å². The van der Waals surface area contributed by atoms with Crippen LogP contribution in [0.25, 0.3) is 5.76 Å². The minimum Gasteiger partial charge on any atom is -0.507 e. The third-order valence-corrected chi connectivity index (χ3v) is 7.14. The van der Waals surface area contributed by atoms with Crippen LogP contribution < -0.4 is 9.47 Å². The Morgan fingerprint density at radius 3 is 2.62 bits per heavy atom. The number of carbonyl (C=O) groups is 2. The first-order chi connectivity index (χ1) is 18.8. The summed E-state index contributed by atoms with van der Waals surface area (Å²) < 4.78 is 11.8. The molecule has 0 bridgehead atoms. The van der Waals surface area contributed by atoms with Crippen molar-refractivity contribution in [1.82, 2.24) is 9.80 Å². The van der Waals surface area contributed by atoms with E-state index in [1.165, 1.54) is 0 Å². The van der Waals surface area contributed by atoms with Crippen LogP contribution in [0.3, 0.4) is 0 Å². The zero-order chi connectivity index (χ0) is 27.5. The van der Waals surface area contributed by atoms with Crippen LogP contribution in [0, 0.1) is 0 Å². The fourth-order valence-corrected chi connectivity index (χ4v) is 5.25. The van der Waals surface area contributed by atoms with Gasteiger partial charge in [-0.05, 0) is 81.0 Å². The van der Waals surface area contributed by atoms with Gasteiger partial charge in [-0.25, -0.2) is 0 Å². The van der Waals surface area contributed by atoms with Gasteiger partial charge in [0.1, 0.15) is 30.0 Å². The third kappa shape index (κ3) is 5.68. The molecule has 1 N–H and O–H groups in total. The number of nitrogens with zero attached hydrogens (tertiary/aromatic N) is 2. The quantitative estimate of drug-likeness (QED) is 0.241. The number of ketones is 1. The lowest BCUT2D eigenvalue weighted by Crippen LogP contribution is -2.32. The summed E-state index contributed by atoms with van der Waals surface area (Å²) in [5, 5.41) is 11.5. The van der Waals surface area contributed by atoms with Crippen LogP contribution in [-0.4, -0.2) is 59.9 Å². The van der Waals surface area contributed by atoms with Crippen LogP contribution in [-0.2, 0) is 22.6 Å². The Kier molecular flexibility index (Phi) is 7.70. The highest BCUT2D eigenvalue weighted by atomic mass is 16.5. The first-order valence-electron chi connectivity index (χ1n) is 13.3. The van der Waals surface area contributed by atoms with Gasteiger partial charge in [-0.15, -0.1) is 0 Å². The van der Waals surface area contributed by atoms with E-state index in [9.17, 15) is 14.7 Å². The smallest absolute Gasteiger partial charge is 0.295 e. The van der Waals surface area contributed by atoms with Crippen molar-refractivity contribution in [2.24, 2.45) is 0 Å². The van der Waals surface area contributed by atoms with Gasteiger partial charge in [-0.1, -0.05) is 42.5 Å². The number of carbonyl (C=O) groups excluding carboxylic acids is 2. The molecule has 0 radical (unpaired) electrons. The van der Waals surface area contributed by atoms with Crippen molar-refractivity contribution in [3.05, 3.63) is 101 Å². The second kappa shape index (κ2) is 11.3. The molecule has 0 aliphatic carbocycles. The number of hydrogen-bond acceptors (Lipinski definition) is 6. The second-order valence-corrected chi connectivity index (χ2v) is 10.5. The fraction of sp³-hybridized carbons (Fsp3) is 0.312. The molecule has 0 spiro atoms. The van der Waals surface area contributed by atoms with Gasteiger partial charge in [0.2, 0.25) is 0 Å². The number of likely N-dealkylation sites (tertiary alicyclic amines) is 1. The van der Waals surface area contributed by atoms with Crippen molar-refractivity contribution in [1.29, 1.82) is 0 Å². The van der Waals surface area contributed by atoms with Crippen molar-refractivity contribution in [3.8, 4) is 11.5 Å². The molecular weight excluding hydrogens is 492 g/mol. The molecular formula is C32H34N2O5. The Hall–Kier alpha value is -4.10. The van der Waals surface area contributed by atoms with Gasteiger partial charge in [-0.3, -0.25) is 9.59 Å². The lowest BCUT2D eigenvalue weighted by molar-refractivity contribution is -0.139. The standard InChI is InChI=1S/C32H34N2O5/c1-21-17-25-18-24(13-14-27(25)39-21)30(35)28-29(34(32(37)31(28)36)16-8-15-33(2)3)23-11-7-12-26(19-23)38-20-22-9-5-4-6-10-22/h4-7,9-14,18-19,21,29,35H,8,15-17,20H2,1-3H3/b30-28+/t21-,29-/m1/s1. The molecule has 1 saturated heterocycles. The maximum absolute atomic E-state index is 13.4. The Labute approximate surface area is 229 Å². The molecule has 2 aliphatic rings. The highest BCUT2D eigenvalue weighted by Gasteiger charge is 2.46. The van der Waals surface area contributed by atoms with E-state index in [0.29, 0.717) is 36.4 Å². The van der Waals surface area contributed by atoms with Gasteiger partial charge in [0, 0.05) is 18.5 Å². The van der Waals surface area contributed by atoms with Gasteiger partial charge in [0.25, 0.3) is 11.7 Å². The van der Waals surface area contributed by atoms with Crippen molar-refractivity contribution in [2.75, 3.05) is 27.2 Å². The van der Waals surface area contributed by atoms with Gasteiger partial charge in [-0.2, -0.15) is 0 Å². The highest BCUT2D eigenvalue weighted by molar-refractivity contribution is 6.46. The van der Waals surface area contributed by atoms with Crippen LogP contribution in [0.2, 0.25) is 0 Å². The molecule has 3 aromatic carbocycles. The number of aliphatic hydroxyl groups is 1. The van der Waals surface area contributed by atoms with Crippen LogP contribution in [0.5, 0.6) is 11.5 Å². The molecule has 2 heterocycles. The number of amides is 1. The van der Waals surface area contributed by atoms with Crippen LogP contribution in [0.15, 0.2) is 78.4 Å². The van der Waals surface area contributed by atoms with E-state index in [1.54, 1.807) is 11.0 Å². The third-order valence-electron chi connectivity index (χ3n) is 7.14. The van der Waals surface area contributed by atoms with E-state index < -0.39 is 17.7 Å². The number of ether oxygens (including phenoxy) is 2. The molecule has 0 aromatic heterocycles. The summed E-state index contributed by atoms with van der Waals surface area (Å²) in [7, 11) is 3.94. The Bertz CT molecular complexity index is 1400. The molecule has 39 heavy (non-hydrogen) atoms. The Morgan fingerprint density at radius 1 is 1.05 bits per heavy atom. The van der Waals surface area contributed by atoms with Gasteiger partial charge in [0.05, 0.1) is 11.6 Å². The van der Waals surface area contributed by atoms with E-state index in [-0.39, 0.29) is 17.4 Å². The van der Waals surface area contributed by atoms with Gasteiger partial charge >= 0.3 is 0 Å². The zero-order valence-electron chi connectivity index (χ0n) is 22.6. The molecule has 5 rings (SSSR count). The van der Waals surface area contributed by atoms with E-state index in [0.717, 1.165) is 29.8 Å². The topological polar surface area (TPSA) is 79.3 Å². The number of benzene rings is 3. The van der Waals surface area contributed by atoms with Crippen LogP contribution in [0.1, 0.15) is 41.6 Å². The number of hydrogen-bond donors (Lipinski definition) is 1. The number of aliphatic hydroxyl groups excluding tert-OH is 1. The zero-order valence-corrected chi connectivity index (χ0v) is 22.6. The molecule has 2 aliphatic heterocycles. The Morgan fingerprint density at radius 2 is 1.85 bits per heavy atom. The lowest BCUT2D eigenvalue weighted by Gasteiger charge is -2.26. The van der Waals surface area contributed by atoms with Gasteiger partial charge < -0.3 is 24.4 Å². The first kappa shape index (κ1) is 26.5. The molecule has 7 nitrogen and oxygen atoms in total. The van der Waals surface area contributed by atoms with Gasteiger partial charge in [0.15, 0.2) is 0 Å². The summed E-state index contributed by atoms with van der Waals surface area (Å²) in [5.41, 5.74) is 3.31. The molecule has 1 amide bonds. The summed E-state index contributed by atoms with van der Waals surface area (Å²) in [6, 6.07) is 22.0. The van der Waals surface area contributed by atoms with Crippen LogP contribution >= 0.6 is 0 Å². The summed E-state index contributed by atoms with van der Waals surface area (Å²) in [5.74, 6) is -0.0505. The lowest BCUT2D eigenvalue weighted by atomic mass is 9.94. The predicted molar refractivity (Wildman–Crippen MR) is 150 cm³/mol. The fourth-order valence-electron chi connectivity index (χ4n) is 5.25. The average Bonchev–Trinajstić information content (AvgIpc) is 3.43. The summed E-state index contributed by atoms with van der Waals surface area (Å²) in [4.78, 5) is 30.3. The number of fused-ring (bicyclic) bond motifs is 1. The average molecular weight is 527 g/mol. The van der Waals surface area contributed by atoms with Crippen molar-refractivity contribution >= 4 is 17.4 Å². The monoisotopic (exact) mass is 526 g/mol. The van der Waals surface area contributed by atoms with Crippen molar-refractivity contribution in [3.63, 3.8) is 0 Å². The largest absolute Gasteiger partial charge is 0.507 e. The summed E-state index contributed by atoms with van der Waals surface area (Å²) in [6.07, 6.45) is 1.47. The predicted octanol–water partition coefficient (Wildman–Crippen LogP) is 4.96. The summed E-state index contributed by atoms with van der Waals surface area (Å²) in [6.45, 7) is 3.53. The minimum absolute atomic E-state index is 0.0540. The molecule has 0 saturated carbocycles. The number of rotatable bonds is 9. The summed E-state index contributed by atoms with van der Waals surface area (Å²) >= 11 is 0. The molecule has 1 fully saturated rings. The SMILES string of the molecule is C[C@@H]1Cc2cc(/C(O)=C3\C(=O)C(=O)N(CCCN(C)C)[C@@H]3c3cccc(OCc4ccccc4)c3)ccc2O1. The number of Topliss-reactive ketones (excluding diaryl/α,β-unsaturated/α-hetero) is 1. The maximum atomic E-state index is 13.4. The van der Waals surface area contributed by atoms with E-state index >= 15 is 0 Å². The molecule has 2 atom stereocenters.